The minimum Gasteiger partial charge on any atom is -0.293 e. The molecule has 0 radical (unpaired) electrons. The van der Waals surface area contributed by atoms with Crippen molar-refractivity contribution >= 4 is 33.3 Å². The number of carbonyl (C=O) groups excluding carboxylic acids is 1. The molecule has 2 nitrogen and oxygen atoms in total. The third-order valence-electron chi connectivity index (χ3n) is 1.18. The summed E-state index contributed by atoms with van der Waals surface area (Å²) in [5.41, 5.74) is 0.464. The number of hydrogen-bond acceptors (Lipinski definition) is 2. The summed E-state index contributed by atoms with van der Waals surface area (Å²) >= 11 is 8.69. The van der Waals surface area contributed by atoms with Gasteiger partial charge < -0.3 is 0 Å². The summed E-state index contributed by atoms with van der Waals surface area (Å²) in [6.07, 6.45) is 1.55. The molecule has 0 amide bonds. The van der Waals surface area contributed by atoms with Gasteiger partial charge in [0.2, 0.25) is 0 Å². The summed E-state index contributed by atoms with van der Waals surface area (Å²) in [6.45, 7) is 0. The molecule has 1 rings (SSSR count). The molecule has 0 aliphatic carbocycles. The van der Waals surface area contributed by atoms with Gasteiger partial charge in [0.1, 0.15) is 5.15 Å². The first-order valence-electron chi connectivity index (χ1n) is 2.95. The Hall–Kier alpha value is -0.410. The highest BCUT2D eigenvalue weighted by molar-refractivity contribution is 9.09. The van der Waals surface area contributed by atoms with E-state index in [0.717, 1.165) is 0 Å². The largest absolute Gasteiger partial charge is 0.293 e. The second-order valence-electron chi connectivity index (χ2n) is 1.90. The lowest BCUT2D eigenvalue weighted by Crippen LogP contribution is -2.01. The van der Waals surface area contributed by atoms with E-state index in [2.05, 4.69) is 20.9 Å². The van der Waals surface area contributed by atoms with Crippen LogP contribution in [0.15, 0.2) is 18.3 Å². The molecule has 0 unspecified atom stereocenters. The zero-order chi connectivity index (χ0) is 8.27. The Morgan fingerprint density at radius 3 is 3.00 bits per heavy atom. The van der Waals surface area contributed by atoms with Gasteiger partial charge in [-0.25, -0.2) is 4.98 Å². The fourth-order valence-corrected chi connectivity index (χ4v) is 1.19. The van der Waals surface area contributed by atoms with E-state index in [1.54, 1.807) is 18.3 Å². The minimum absolute atomic E-state index is 0.0527. The Morgan fingerprint density at radius 1 is 1.73 bits per heavy atom. The van der Waals surface area contributed by atoms with Crippen molar-refractivity contribution in [3.05, 3.63) is 29.0 Å². The van der Waals surface area contributed by atoms with Gasteiger partial charge in [-0.2, -0.15) is 0 Å². The molecule has 0 bridgehead atoms. The zero-order valence-electron chi connectivity index (χ0n) is 5.55. The monoisotopic (exact) mass is 233 g/mol. The Bertz CT molecular complexity index is 277. The second kappa shape index (κ2) is 3.83. The lowest BCUT2D eigenvalue weighted by atomic mass is 10.2. The van der Waals surface area contributed by atoms with E-state index >= 15 is 0 Å². The van der Waals surface area contributed by atoms with E-state index in [9.17, 15) is 4.79 Å². The molecule has 0 N–H and O–H groups in total. The average molecular weight is 234 g/mol. The molecule has 1 heterocycles. The maximum absolute atomic E-state index is 11.1. The summed E-state index contributed by atoms with van der Waals surface area (Å²) in [5, 5.41) is 0.537. The van der Waals surface area contributed by atoms with Crippen LogP contribution in [-0.4, -0.2) is 16.1 Å². The lowest BCUT2D eigenvalue weighted by Gasteiger charge is -1.96. The van der Waals surface area contributed by atoms with Crippen molar-refractivity contribution in [3.63, 3.8) is 0 Å². The number of alkyl halides is 1. The molecule has 0 aliphatic rings. The standard InChI is InChI=1S/C7H5BrClNO/c8-4-6(11)5-2-1-3-10-7(5)9/h1-3H,4H2. The van der Waals surface area contributed by atoms with Gasteiger partial charge in [-0.15, -0.1) is 0 Å². The van der Waals surface area contributed by atoms with E-state index in [1.165, 1.54) is 0 Å². The molecular weight excluding hydrogens is 229 g/mol. The number of aromatic nitrogens is 1. The van der Waals surface area contributed by atoms with Crippen LogP contribution >= 0.6 is 27.5 Å². The van der Waals surface area contributed by atoms with Crippen LogP contribution in [0.3, 0.4) is 0 Å². The van der Waals surface area contributed by atoms with Crippen molar-refractivity contribution in [3.8, 4) is 0 Å². The average Bonchev–Trinajstić information content (AvgIpc) is 2.04. The summed E-state index contributed by atoms with van der Waals surface area (Å²) in [7, 11) is 0. The minimum atomic E-state index is -0.0527. The van der Waals surface area contributed by atoms with Crippen molar-refractivity contribution < 1.29 is 4.79 Å². The third kappa shape index (κ3) is 2.01. The van der Waals surface area contributed by atoms with Gasteiger partial charge in [0, 0.05) is 6.20 Å². The molecule has 0 saturated heterocycles. The van der Waals surface area contributed by atoms with Crippen LogP contribution in [0.2, 0.25) is 5.15 Å². The molecule has 0 fully saturated rings. The molecule has 1 aromatic heterocycles. The summed E-state index contributed by atoms with van der Waals surface area (Å²) in [4.78, 5) is 14.8. The SMILES string of the molecule is O=C(CBr)c1cccnc1Cl. The number of carbonyl (C=O) groups is 1. The number of pyridine rings is 1. The van der Waals surface area contributed by atoms with E-state index < -0.39 is 0 Å². The highest BCUT2D eigenvalue weighted by Gasteiger charge is 2.07. The van der Waals surface area contributed by atoms with Crippen LogP contribution in [0, 0.1) is 0 Å². The maximum Gasteiger partial charge on any atom is 0.176 e. The first-order valence-corrected chi connectivity index (χ1v) is 4.45. The highest BCUT2D eigenvalue weighted by atomic mass is 79.9. The quantitative estimate of drug-likeness (QED) is 0.446. The van der Waals surface area contributed by atoms with E-state index in [1.807, 2.05) is 0 Å². The van der Waals surface area contributed by atoms with E-state index in [-0.39, 0.29) is 16.3 Å². The maximum atomic E-state index is 11.1. The van der Waals surface area contributed by atoms with Gasteiger partial charge in [-0.05, 0) is 12.1 Å². The van der Waals surface area contributed by atoms with Gasteiger partial charge in [0.25, 0.3) is 0 Å². The molecule has 0 aliphatic heterocycles. The Kier molecular flexibility index (Phi) is 3.02. The summed E-state index contributed by atoms with van der Waals surface area (Å²) in [6, 6.07) is 3.33. The Balaban J connectivity index is 3.03. The normalized spacial score (nSPS) is 9.64. The first kappa shape index (κ1) is 8.68. The summed E-state index contributed by atoms with van der Waals surface area (Å²) < 4.78 is 0. The number of ketones is 1. The van der Waals surface area contributed by atoms with Gasteiger partial charge in [-0.1, -0.05) is 27.5 Å². The fraction of sp³-hybridized carbons (Fsp3) is 0.143. The topological polar surface area (TPSA) is 30.0 Å². The zero-order valence-corrected chi connectivity index (χ0v) is 7.89. The number of hydrogen-bond donors (Lipinski definition) is 0. The first-order chi connectivity index (χ1) is 5.25. The Morgan fingerprint density at radius 2 is 2.45 bits per heavy atom. The molecule has 11 heavy (non-hydrogen) atoms. The molecule has 0 spiro atoms. The number of Topliss-reactive ketones (excluding diaryl/α,β-unsaturated/α-hetero) is 1. The van der Waals surface area contributed by atoms with Gasteiger partial charge in [0.05, 0.1) is 10.9 Å². The number of halogens is 2. The van der Waals surface area contributed by atoms with E-state index in [4.69, 9.17) is 11.6 Å². The molecular formula is C7H5BrClNO. The fourth-order valence-electron chi connectivity index (χ4n) is 0.666. The van der Waals surface area contributed by atoms with Crippen LogP contribution in [-0.2, 0) is 0 Å². The highest BCUT2D eigenvalue weighted by Crippen LogP contribution is 2.12. The molecule has 58 valence electrons. The smallest absolute Gasteiger partial charge is 0.176 e. The van der Waals surface area contributed by atoms with Crippen molar-refractivity contribution in [1.82, 2.24) is 4.98 Å². The Labute approximate surface area is 77.7 Å². The lowest BCUT2D eigenvalue weighted by molar-refractivity contribution is 0.102. The van der Waals surface area contributed by atoms with E-state index in [0.29, 0.717) is 5.56 Å². The van der Waals surface area contributed by atoms with Gasteiger partial charge in [-0.3, -0.25) is 4.79 Å². The van der Waals surface area contributed by atoms with Gasteiger partial charge in [0.15, 0.2) is 5.78 Å². The van der Waals surface area contributed by atoms with Crippen LogP contribution in [0.4, 0.5) is 0 Å². The number of nitrogens with zero attached hydrogens (tertiary/aromatic N) is 1. The predicted molar refractivity (Wildman–Crippen MR) is 47.4 cm³/mol. The van der Waals surface area contributed by atoms with Crippen LogP contribution in [0.25, 0.3) is 0 Å². The molecule has 0 aromatic carbocycles. The van der Waals surface area contributed by atoms with Crippen LogP contribution in [0.5, 0.6) is 0 Å². The molecule has 4 heteroatoms. The van der Waals surface area contributed by atoms with Crippen LogP contribution < -0.4 is 0 Å². The number of rotatable bonds is 2. The second-order valence-corrected chi connectivity index (χ2v) is 2.82. The third-order valence-corrected chi connectivity index (χ3v) is 1.99. The van der Waals surface area contributed by atoms with Crippen molar-refractivity contribution in [2.45, 2.75) is 0 Å². The van der Waals surface area contributed by atoms with Crippen LogP contribution in [0.1, 0.15) is 10.4 Å². The van der Waals surface area contributed by atoms with Crippen molar-refractivity contribution in [2.75, 3.05) is 5.33 Å². The van der Waals surface area contributed by atoms with Crippen molar-refractivity contribution in [2.24, 2.45) is 0 Å². The molecule has 1 aromatic rings. The van der Waals surface area contributed by atoms with Gasteiger partial charge >= 0.3 is 0 Å². The van der Waals surface area contributed by atoms with Crippen molar-refractivity contribution in [1.29, 1.82) is 0 Å². The molecule has 0 atom stereocenters. The predicted octanol–water partition coefficient (Wildman–Crippen LogP) is 2.31. The summed E-state index contributed by atoms with van der Waals surface area (Å²) in [5.74, 6) is -0.0527. The molecule has 0 saturated carbocycles.